The highest BCUT2D eigenvalue weighted by atomic mass is 16.7. The van der Waals surface area contributed by atoms with Crippen LogP contribution in [0.15, 0.2) is 24.3 Å². The Kier molecular flexibility index (Phi) is 5.53. The molecule has 3 rings (SSSR count). The van der Waals surface area contributed by atoms with Crippen LogP contribution in [-0.4, -0.2) is 42.8 Å². The van der Waals surface area contributed by atoms with E-state index >= 15 is 0 Å². The number of hydrogen-bond donors (Lipinski definition) is 3. The van der Waals surface area contributed by atoms with E-state index in [2.05, 4.69) is 10.6 Å². The fourth-order valence-electron chi connectivity index (χ4n) is 3.26. The number of benzene rings is 1. The molecule has 2 aliphatic rings. The van der Waals surface area contributed by atoms with E-state index in [9.17, 15) is 14.4 Å². The van der Waals surface area contributed by atoms with Crippen LogP contribution < -0.4 is 16.4 Å². The van der Waals surface area contributed by atoms with Gasteiger partial charge in [0, 0.05) is 30.6 Å². The zero-order valence-corrected chi connectivity index (χ0v) is 14.5. The molecule has 0 radical (unpaired) electrons. The first-order valence-corrected chi connectivity index (χ1v) is 8.78. The van der Waals surface area contributed by atoms with Gasteiger partial charge in [-0.1, -0.05) is 6.42 Å². The number of carbonyl (C=O) groups excluding carboxylic acids is 3. The van der Waals surface area contributed by atoms with Crippen molar-refractivity contribution in [3.8, 4) is 0 Å². The SMILES string of the molecule is NC(=O)c1ccc(NC(=O)C(=O)NC[C@H]2COC3(CCCCC3)O2)cc1. The quantitative estimate of drug-likeness (QED) is 0.689. The number of rotatable bonds is 4. The maximum absolute atomic E-state index is 12.0. The van der Waals surface area contributed by atoms with Crippen LogP contribution in [-0.2, 0) is 19.1 Å². The highest BCUT2D eigenvalue weighted by Gasteiger charge is 2.42. The molecule has 140 valence electrons. The van der Waals surface area contributed by atoms with Crippen LogP contribution in [0.25, 0.3) is 0 Å². The number of carbonyl (C=O) groups is 3. The Morgan fingerprint density at radius 2 is 1.77 bits per heavy atom. The highest BCUT2D eigenvalue weighted by molar-refractivity contribution is 6.39. The van der Waals surface area contributed by atoms with Gasteiger partial charge in [0.2, 0.25) is 5.91 Å². The standard InChI is InChI=1S/C18H23N3O5/c19-15(22)12-4-6-13(7-5-12)21-17(24)16(23)20-10-14-11-25-18(26-14)8-2-1-3-9-18/h4-7,14H,1-3,8-11H2,(H2,19,22)(H,20,23)(H,21,24)/t14-/m0/s1. The van der Waals surface area contributed by atoms with Gasteiger partial charge in [0.15, 0.2) is 5.79 Å². The molecule has 1 atom stereocenters. The van der Waals surface area contributed by atoms with E-state index in [4.69, 9.17) is 15.2 Å². The molecule has 8 nitrogen and oxygen atoms in total. The monoisotopic (exact) mass is 361 g/mol. The van der Waals surface area contributed by atoms with Crippen LogP contribution in [0.3, 0.4) is 0 Å². The van der Waals surface area contributed by atoms with Gasteiger partial charge in [0.05, 0.1) is 6.61 Å². The van der Waals surface area contributed by atoms with Crippen molar-refractivity contribution in [3.05, 3.63) is 29.8 Å². The molecule has 1 aromatic carbocycles. The fourth-order valence-corrected chi connectivity index (χ4v) is 3.26. The molecule has 1 aromatic rings. The Morgan fingerprint density at radius 1 is 1.08 bits per heavy atom. The third kappa shape index (κ3) is 4.39. The van der Waals surface area contributed by atoms with Gasteiger partial charge in [-0.05, 0) is 37.1 Å². The Bertz CT molecular complexity index is 683. The molecule has 1 saturated carbocycles. The second-order valence-corrected chi connectivity index (χ2v) is 6.63. The predicted octanol–water partition coefficient (Wildman–Crippen LogP) is 0.916. The summed E-state index contributed by atoms with van der Waals surface area (Å²) in [7, 11) is 0. The minimum absolute atomic E-state index is 0.217. The number of ether oxygens (including phenoxy) is 2. The number of primary amides is 1. The summed E-state index contributed by atoms with van der Waals surface area (Å²) in [5.74, 6) is -2.60. The van der Waals surface area contributed by atoms with E-state index in [0.29, 0.717) is 17.9 Å². The van der Waals surface area contributed by atoms with Crippen molar-refractivity contribution in [2.45, 2.75) is 44.0 Å². The molecule has 1 spiro atoms. The van der Waals surface area contributed by atoms with Gasteiger partial charge in [0.1, 0.15) is 6.10 Å². The summed E-state index contributed by atoms with van der Waals surface area (Å²) < 4.78 is 11.8. The topological polar surface area (TPSA) is 120 Å². The summed E-state index contributed by atoms with van der Waals surface area (Å²) in [5.41, 5.74) is 5.87. The van der Waals surface area contributed by atoms with Gasteiger partial charge in [-0.15, -0.1) is 0 Å². The largest absolute Gasteiger partial charge is 0.366 e. The summed E-state index contributed by atoms with van der Waals surface area (Å²) in [6.45, 7) is 0.630. The van der Waals surface area contributed by atoms with E-state index in [1.165, 1.54) is 30.7 Å². The lowest BCUT2D eigenvalue weighted by atomic mass is 9.94. The zero-order chi connectivity index (χ0) is 18.6. The predicted molar refractivity (Wildman–Crippen MR) is 93.2 cm³/mol. The molecule has 1 aliphatic heterocycles. The summed E-state index contributed by atoms with van der Waals surface area (Å²) in [6, 6.07) is 5.96. The molecule has 2 fully saturated rings. The Morgan fingerprint density at radius 3 is 2.42 bits per heavy atom. The van der Waals surface area contributed by atoms with Crippen LogP contribution in [0, 0.1) is 0 Å². The molecular formula is C18H23N3O5. The lowest BCUT2D eigenvalue weighted by molar-refractivity contribution is -0.186. The van der Waals surface area contributed by atoms with E-state index in [0.717, 1.165) is 25.7 Å². The molecular weight excluding hydrogens is 338 g/mol. The van der Waals surface area contributed by atoms with Crippen LogP contribution in [0.5, 0.6) is 0 Å². The molecule has 0 unspecified atom stereocenters. The molecule has 8 heteroatoms. The number of nitrogens with one attached hydrogen (secondary N) is 2. The highest BCUT2D eigenvalue weighted by Crippen LogP contribution is 2.37. The fraction of sp³-hybridized carbons (Fsp3) is 0.500. The van der Waals surface area contributed by atoms with Gasteiger partial charge in [0.25, 0.3) is 0 Å². The summed E-state index contributed by atoms with van der Waals surface area (Å²) in [6.07, 6.45) is 4.85. The number of amides is 3. The third-order valence-electron chi connectivity index (χ3n) is 4.65. The average molecular weight is 361 g/mol. The second kappa shape index (κ2) is 7.84. The van der Waals surface area contributed by atoms with E-state index in [1.54, 1.807) is 0 Å². The van der Waals surface area contributed by atoms with Crippen LogP contribution in [0.4, 0.5) is 5.69 Å². The Hall–Kier alpha value is -2.45. The number of nitrogens with two attached hydrogens (primary N) is 1. The first-order valence-electron chi connectivity index (χ1n) is 8.78. The van der Waals surface area contributed by atoms with Gasteiger partial charge in [-0.3, -0.25) is 14.4 Å². The first-order chi connectivity index (χ1) is 12.5. The molecule has 1 heterocycles. The van der Waals surface area contributed by atoms with Gasteiger partial charge >= 0.3 is 11.8 Å². The molecule has 3 amide bonds. The smallest absolute Gasteiger partial charge is 0.313 e. The molecule has 26 heavy (non-hydrogen) atoms. The maximum Gasteiger partial charge on any atom is 0.313 e. The summed E-state index contributed by atoms with van der Waals surface area (Å²) in [5, 5.41) is 5.03. The van der Waals surface area contributed by atoms with Gasteiger partial charge < -0.3 is 25.8 Å². The Labute approximate surface area is 151 Å². The minimum atomic E-state index is -0.789. The van der Waals surface area contributed by atoms with E-state index in [-0.39, 0.29) is 12.6 Å². The Balaban J connectivity index is 1.44. The minimum Gasteiger partial charge on any atom is -0.366 e. The van der Waals surface area contributed by atoms with Gasteiger partial charge in [-0.2, -0.15) is 0 Å². The zero-order valence-electron chi connectivity index (χ0n) is 14.5. The van der Waals surface area contributed by atoms with Crippen molar-refractivity contribution in [3.63, 3.8) is 0 Å². The van der Waals surface area contributed by atoms with Crippen molar-refractivity contribution in [2.24, 2.45) is 5.73 Å². The molecule has 0 aromatic heterocycles. The lowest BCUT2D eigenvalue weighted by Gasteiger charge is -2.31. The number of anilines is 1. The maximum atomic E-state index is 12.0. The van der Waals surface area contributed by atoms with Crippen molar-refractivity contribution in [1.29, 1.82) is 0 Å². The van der Waals surface area contributed by atoms with Crippen molar-refractivity contribution in [2.75, 3.05) is 18.5 Å². The van der Waals surface area contributed by atoms with Crippen molar-refractivity contribution < 1.29 is 23.9 Å². The van der Waals surface area contributed by atoms with Crippen LogP contribution in [0.2, 0.25) is 0 Å². The molecule has 0 bridgehead atoms. The summed E-state index contributed by atoms with van der Waals surface area (Å²) >= 11 is 0. The second-order valence-electron chi connectivity index (χ2n) is 6.63. The van der Waals surface area contributed by atoms with Crippen molar-refractivity contribution in [1.82, 2.24) is 5.32 Å². The van der Waals surface area contributed by atoms with Crippen molar-refractivity contribution >= 4 is 23.4 Å². The number of hydrogen-bond acceptors (Lipinski definition) is 5. The van der Waals surface area contributed by atoms with E-state index < -0.39 is 23.5 Å². The van der Waals surface area contributed by atoms with Crippen LogP contribution in [0.1, 0.15) is 42.5 Å². The van der Waals surface area contributed by atoms with Gasteiger partial charge in [-0.25, -0.2) is 0 Å². The first kappa shape index (κ1) is 18.3. The molecule has 1 saturated heterocycles. The summed E-state index contributed by atoms with van der Waals surface area (Å²) in [4.78, 5) is 34.9. The normalized spacial score (nSPS) is 21.3. The molecule has 4 N–H and O–H groups in total. The van der Waals surface area contributed by atoms with Crippen LogP contribution >= 0.6 is 0 Å². The third-order valence-corrected chi connectivity index (χ3v) is 4.65. The lowest BCUT2D eigenvalue weighted by Crippen LogP contribution is -2.41. The average Bonchev–Trinajstić information content (AvgIpc) is 3.03. The molecule has 1 aliphatic carbocycles. The van der Waals surface area contributed by atoms with E-state index in [1.807, 2.05) is 0 Å².